The highest BCUT2D eigenvalue weighted by atomic mass is 16.4. The van der Waals surface area contributed by atoms with Crippen molar-refractivity contribution in [1.82, 2.24) is 10.6 Å². The van der Waals surface area contributed by atoms with Gasteiger partial charge in [0, 0.05) is 7.05 Å². The zero-order chi connectivity index (χ0) is 11.1. The van der Waals surface area contributed by atoms with Crippen LogP contribution in [0.1, 0.15) is 19.8 Å². The molecule has 6 heteroatoms. The molecule has 0 radical (unpaired) electrons. The van der Waals surface area contributed by atoms with Crippen molar-refractivity contribution in [2.75, 3.05) is 7.05 Å². The highest BCUT2D eigenvalue weighted by molar-refractivity contribution is 6.35. The van der Waals surface area contributed by atoms with Crippen LogP contribution in [0, 0.1) is 0 Å². The largest absolute Gasteiger partial charge is 0.480 e. The Balaban J connectivity index is 4.23. The van der Waals surface area contributed by atoms with E-state index in [1.54, 1.807) is 6.92 Å². The minimum Gasteiger partial charge on any atom is -0.480 e. The van der Waals surface area contributed by atoms with E-state index in [2.05, 4.69) is 10.6 Å². The molecule has 0 fully saturated rings. The second-order valence-electron chi connectivity index (χ2n) is 2.73. The van der Waals surface area contributed by atoms with Gasteiger partial charge in [-0.05, 0) is 6.42 Å². The van der Waals surface area contributed by atoms with Gasteiger partial charge in [-0.1, -0.05) is 13.3 Å². The molecule has 0 aromatic rings. The number of amides is 2. The Morgan fingerprint density at radius 3 is 2.21 bits per heavy atom. The third-order valence-corrected chi connectivity index (χ3v) is 1.61. The first-order chi connectivity index (χ1) is 6.52. The summed E-state index contributed by atoms with van der Waals surface area (Å²) in [5.74, 6) is -2.90. The summed E-state index contributed by atoms with van der Waals surface area (Å²) in [5.41, 5.74) is 0. The van der Waals surface area contributed by atoms with Crippen LogP contribution < -0.4 is 10.6 Å². The van der Waals surface area contributed by atoms with Crippen LogP contribution in [0.3, 0.4) is 0 Å². The van der Waals surface area contributed by atoms with Gasteiger partial charge in [0.2, 0.25) is 0 Å². The first-order valence-corrected chi connectivity index (χ1v) is 4.28. The summed E-state index contributed by atoms with van der Waals surface area (Å²) in [4.78, 5) is 32.3. The number of nitrogens with one attached hydrogen (secondary N) is 2. The Hall–Kier alpha value is -1.59. The number of hydrogen-bond donors (Lipinski definition) is 3. The normalized spacial score (nSPS) is 11.6. The summed E-state index contributed by atoms with van der Waals surface area (Å²) < 4.78 is 0. The van der Waals surface area contributed by atoms with Crippen LogP contribution in [0.15, 0.2) is 0 Å². The van der Waals surface area contributed by atoms with Crippen LogP contribution in [0.5, 0.6) is 0 Å². The van der Waals surface area contributed by atoms with Gasteiger partial charge in [0.1, 0.15) is 6.04 Å². The number of carbonyl (C=O) groups excluding carboxylic acids is 2. The minimum atomic E-state index is -1.14. The van der Waals surface area contributed by atoms with E-state index in [1.165, 1.54) is 7.05 Å². The minimum absolute atomic E-state index is 0.304. The van der Waals surface area contributed by atoms with Crippen molar-refractivity contribution in [3.63, 3.8) is 0 Å². The average Bonchev–Trinajstić information content (AvgIpc) is 2.15. The smallest absolute Gasteiger partial charge is 0.326 e. The molecule has 0 saturated carbocycles. The molecule has 1 unspecified atom stereocenters. The van der Waals surface area contributed by atoms with Crippen molar-refractivity contribution < 1.29 is 19.5 Å². The summed E-state index contributed by atoms with van der Waals surface area (Å²) in [5, 5.41) is 12.9. The summed E-state index contributed by atoms with van der Waals surface area (Å²) in [7, 11) is 1.30. The molecule has 6 nitrogen and oxygen atoms in total. The number of carboxylic acid groups (broad SMARTS) is 1. The van der Waals surface area contributed by atoms with E-state index in [4.69, 9.17) is 5.11 Å². The van der Waals surface area contributed by atoms with E-state index < -0.39 is 23.8 Å². The van der Waals surface area contributed by atoms with Crippen molar-refractivity contribution in [3.8, 4) is 0 Å². The van der Waals surface area contributed by atoms with Gasteiger partial charge in [-0.2, -0.15) is 0 Å². The van der Waals surface area contributed by atoms with Gasteiger partial charge < -0.3 is 15.7 Å². The number of likely N-dealkylation sites (N-methyl/N-ethyl adjacent to an activating group) is 1. The van der Waals surface area contributed by atoms with Gasteiger partial charge in [-0.3, -0.25) is 9.59 Å². The Morgan fingerprint density at radius 1 is 1.29 bits per heavy atom. The Morgan fingerprint density at radius 2 is 1.86 bits per heavy atom. The molecular formula is C8H14N2O4. The van der Waals surface area contributed by atoms with E-state index in [0.29, 0.717) is 12.8 Å². The van der Waals surface area contributed by atoms with Crippen LogP contribution in [0.4, 0.5) is 0 Å². The quantitative estimate of drug-likeness (QED) is 0.515. The lowest BCUT2D eigenvalue weighted by atomic mass is 10.1. The van der Waals surface area contributed by atoms with Gasteiger partial charge in [0.25, 0.3) is 0 Å². The predicted molar refractivity (Wildman–Crippen MR) is 48.5 cm³/mol. The van der Waals surface area contributed by atoms with Crippen LogP contribution in [0.2, 0.25) is 0 Å². The molecule has 0 aromatic heterocycles. The molecule has 0 aliphatic heterocycles. The first kappa shape index (κ1) is 12.4. The van der Waals surface area contributed by atoms with E-state index in [0.717, 1.165) is 0 Å². The molecule has 80 valence electrons. The third kappa shape index (κ3) is 3.88. The molecule has 0 spiro atoms. The summed E-state index contributed by atoms with van der Waals surface area (Å²) in [6.07, 6.45) is 0.920. The maximum Gasteiger partial charge on any atom is 0.326 e. The van der Waals surface area contributed by atoms with Gasteiger partial charge in [0.15, 0.2) is 0 Å². The fraction of sp³-hybridized carbons (Fsp3) is 0.625. The van der Waals surface area contributed by atoms with Gasteiger partial charge in [-0.25, -0.2) is 4.79 Å². The highest BCUT2D eigenvalue weighted by Crippen LogP contribution is 1.96. The highest BCUT2D eigenvalue weighted by Gasteiger charge is 2.21. The topological polar surface area (TPSA) is 95.5 Å². The van der Waals surface area contributed by atoms with E-state index in [1.807, 2.05) is 0 Å². The maximum atomic E-state index is 11.0. The van der Waals surface area contributed by atoms with Crippen molar-refractivity contribution >= 4 is 17.8 Å². The number of carbonyl (C=O) groups is 3. The molecule has 14 heavy (non-hydrogen) atoms. The van der Waals surface area contributed by atoms with E-state index >= 15 is 0 Å². The predicted octanol–water partition coefficient (Wildman–Crippen LogP) is -0.898. The van der Waals surface area contributed by atoms with Crippen LogP contribution in [-0.2, 0) is 14.4 Å². The zero-order valence-electron chi connectivity index (χ0n) is 8.16. The Kier molecular flexibility index (Phi) is 5.28. The number of rotatable bonds is 4. The lowest BCUT2D eigenvalue weighted by Gasteiger charge is -2.12. The van der Waals surface area contributed by atoms with E-state index in [-0.39, 0.29) is 0 Å². The lowest BCUT2D eigenvalue weighted by Crippen LogP contribution is -2.46. The fourth-order valence-electron chi connectivity index (χ4n) is 0.883. The molecule has 0 bridgehead atoms. The Labute approximate surface area is 81.7 Å². The molecule has 0 rings (SSSR count). The molecule has 0 aromatic carbocycles. The molecule has 0 aliphatic rings. The van der Waals surface area contributed by atoms with Crippen molar-refractivity contribution in [2.45, 2.75) is 25.8 Å². The van der Waals surface area contributed by atoms with Crippen molar-refractivity contribution in [2.24, 2.45) is 0 Å². The van der Waals surface area contributed by atoms with Crippen molar-refractivity contribution in [1.29, 1.82) is 0 Å². The van der Waals surface area contributed by atoms with E-state index in [9.17, 15) is 14.4 Å². The zero-order valence-corrected chi connectivity index (χ0v) is 8.16. The SMILES string of the molecule is CCCC(NC(=O)C(=O)NC)C(=O)O. The lowest BCUT2D eigenvalue weighted by molar-refractivity contribution is -0.144. The first-order valence-electron chi connectivity index (χ1n) is 4.28. The molecular weight excluding hydrogens is 188 g/mol. The molecule has 3 N–H and O–H groups in total. The standard InChI is InChI=1S/C8H14N2O4/c1-3-4-5(8(13)14)10-7(12)6(11)9-2/h5H,3-4H2,1-2H3,(H,9,11)(H,10,12)(H,13,14). The number of carboxylic acids is 1. The molecule has 0 aliphatic carbocycles. The molecule has 2 amide bonds. The summed E-state index contributed by atoms with van der Waals surface area (Å²) in [6, 6.07) is -0.996. The van der Waals surface area contributed by atoms with Crippen LogP contribution >= 0.6 is 0 Å². The molecule has 0 saturated heterocycles. The van der Waals surface area contributed by atoms with Gasteiger partial charge >= 0.3 is 17.8 Å². The molecule has 1 atom stereocenters. The third-order valence-electron chi connectivity index (χ3n) is 1.61. The van der Waals surface area contributed by atoms with Crippen LogP contribution in [-0.4, -0.2) is 36.0 Å². The summed E-state index contributed by atoms with van der Waals surface area (Å²) >= 11 is 0. The second-order valence-corrected chi connectivity index (χ2v) is 2.73. The van der Waals surface area contributed by atoms with Gasteiger partial charge in [0.05, 0.1) is 0 Å². The number of hydrogen-bond acceptors (Lipinski definition) is 3. The maximum absolute atomic E-state index is 11.0. The summed E-state index contributed by atoms with van der Waals surface area (Å²) in [6.45, 7) is 1.79. The monoisotopic (exact) mass is 202 g/mol. The van der Waals surface area contributed by atoms with Crippen molar-refractivity contribution in [3.05, 3.63) is 0 Å². The fourth-order valence-corrected chi connectivity index (χ4v) is 0.883. The molecule has 0 heterocycles. The Bertz CT molecular complexity index is 239. The number of aliphatic carboxylic acids is 1. The average molecular weight is 202 g/mol. The van der Waals surface area contributed by atoms with Crippen LogP contribution in [0.25, 0.3) is 0 Å². The van der Waals surface area contributed by atoms with Gasteiger partial charge in [-0.15, -0.1) is 0 Å². The second kappa shape index (κ2) is 5.95.